The fourth-order valence-electron chi connectivity index (χ4n) is 1.33. The zero-order valence-corrected chi connectivity index (χ0v) is 8.64. The molecule has 5 heteroatoms. The van der Waals surface area contributed by atoms with E-state index in [1.54, 1.807) is 0 Å². The van der Waals surface area contributed by atoms with Crippen LogP contribution in [0.5, 0.6) is 0 Å². The first kappa shape index (κ1) is 9.05. The summed E-state index contributed by atoms with van der Waals surface area (Å²) in [6, 6.07) is 7.78. The molecule has 0 spiro atoms. The van der Waals surface area contributed by atoms with E-state index in [1.165, 1.54) is 11.8 Å². The fourth-order valence-corrected chi connectivity index (χ4v) is 3.33. The Morgan fingerprint density at radius 3 is 2.85 bits per heavy atom. The van der Waals surface area contributed by atoms with Crippen molar-refractivity contribution in [3.8, 4) is 0 Å². The molecule has 1 N–H and O–H groups in total. The van der Waals surface area contributed by atoms with Crippen molar-refractivity contribution in [2.45, 2.75) is 9.60 Å². The number of nitrogens with zero attached hydrogens (tertiary/aromatic N) is 1. The molecule has 0 saturated heterocycles. The molecule has 0 radical (unpaired) electrons. The Morgan fingerprint density at radius 1 is 1.54 bits per heavy atom. The second-order valence-electron chi connectivity index (χ2n) is 2.78. The molecule has 0 bridgehead atoms. The largest absolute Gasteiger partial charge is 0.349 e. The third kappa shape index (κ3) is 1.47. The standard InChI is InChI=1S/C8H9NO2S2/c1-9-6-4-2-3-5-7(6)12-8(9)13(10)11/h2-5,8H,1H3,(H,10,11). The number of fused-ring (bicyclic) bond motifs is 1. The normalized spacial score (nSPS) is 22.9. The number of anilines is 1. The number of thioether (sulfide) groups is 1. The van der Waals surface area contributed by atoms with E-state index in [9.17, 15) is 4.21 Å². The maximum absolute atomic E-state index is 10.9. The Kier molecular flexibility index (Phi) is 2.31. The number of hydrogen-bond donors (Lipinski definition) is 1. The first-order chi connectivity index (χ1) is 6.20. The van der Waals surface area contributed by atoms with Crippen molar-refractivity contribution in [2.24, 2.45) is 0 Å². The van der Waals surface area contributed by atoms with Gasteiger partial charge in [-0.3, -0.25) is 0 Å². The van der Waals surface area contributed by atoms with Crippen LogP contribution in [0.4, 0.5) is 5.69 Å². The van der Waals surface area contributed by atoms with E-state index in [1.807, 2.05) is 36.2 Å². The molecule has 70 valence electrons. The average Bonchev–Trinajstić information content (AvgIpc) is 2.45. The quantitative estimate of drug-likeness (QED) is 0.724. The summed E-state index contributed by atoms with van der Waals surface area (Å²) >= 11 is -0.380. The van der Waals surface area contributed by atoms with Gasteiger partial charge in [0.15, 0.2) is 15.8 Å². The minimum atomic E-state index is -1.81. The third-order valence-electron chi connectivity index (χ3n) is 1.96. The zero-order chi connectivity index (χ0) is 9.42. The van der Waals surface area contributed by atoms with Gasteiger partial charge in [-0.2, -0.15) is 0 Å². The minimum absolute atomic E-state index is 0.364. The maximum atomic E-state index is 10.9. The van der Waals surface area contributed by atoms with E-state index in [0.29, 0.717) is 0 Å². The van der Waals surface area contributed by atoms with Gasteiger partial charge >= 0.3 is 0 Å². The van der Waals surface area contributed by atoms with Crippen LogP contribution in [-0.4, -0.2) is 20.5 Å². The van der Waals surface area contributed by atoms with Gasteiger partial charge in [-0.1, -0.05) is 23.9 Å². The smallest absolute Gasteiger partial charge is 0.187 e. The summed E-state index contributed by atoms with van der Waals surface area (Å²) in [5, 5.41) is 0. The summed E-state index contributed by atoms with van der Waals surface area (Å²) < 4.78 is 19.6. The predicted octanol–water partition coefficient (Wildman–Crippen LogP) is 1.73. The Balaban J connectivity index is 2.38. The van der Waals surface area contributed by atoms with E-state index in [2.05, 4.69) is 0 Å². The number of rotatable bonds is 1. The highest BCUT2D eigenvalue weighted by Crippen LogP contribution is 2.42. The second kappa shape index (κ2) is 3.32. The van der Waals surface area contributed by atoms with Crippen molar-refractivity contribution in [3.05, 3.63) is 24.3 Å². The Hall–Kier alpha value is -0.520. The molecule has 1 heterocycles. The summed E-state index contributed by atoms with van der Waals surface area (Å²) in [5.41, 5.74) is 1.03. The molecular formula is C8H9NO2S2. The lowest BCUT2D eigenvalue weighted by molar-refractivity contribution is 0.560. The third-order valence-corrected chi connectivity index (χ3v) is 4.52. The summed E-state index contributed by atoms with van der Waals surface area (Å²) in [6.45, 7) is 0. The van der Waals surface area contributed by atoms with Gasteiger partial charge in [0.2, 0.25) is 0 Å². The zero-order valence-electron chi connectivity index (χ0n) is 7.01. The van der Waals surface area contributed by atoms with Crippen molar-refractivity contribution >= 4 is 28.5 Å². The summed E-state index contributed by atoms with van der Waals surface area (Å²) in [5.74, 6) is 0. The highest BCUT2D eigenvalue weighted by Gasteiger charge is 2.30. The molecule has 3 nitrogen and oxygen atoms in total. The van der Waals surface area contributed by atoms with Crippen molar-refractivity contribution in [1.82, 2.24) is 0 Å². The van der Waals surface area contributed by atoms with Crippen LogP contribution in [0, 0.1) is 0 Å². The van der Waals surface area contributed by atoms with E-state index in [0.717, 1.165) is 10.6 Å². The lowest BCUT2D eigenvalue weighted by Gasteiger charge is -2.17. The monoisotopic (exact) mass is 215 g/mol. The summed E-state index contributed by atoms with van der Waals surface area (Å²) in [6.07, 6.45) is 0. The molecule has 1 aromatic carbocycles. The van der Waals surface area contributed by atoms with Gasteiger partial charge in [0.25, 0.3) is 0 Å². The maximum Gasteiger partial charge on any atom is 0.187 e. The van der Waals surface area contributed by atoms with Crippen LogP contribution in [0.3, 0.4) is 0 Å². The second-order valence-corrected chi connectivity index (χ2v) is 5.20. The van der Waals surface area contributed by atoms with Crippen LogP contribution in [0.15, 0.2) is 29.2 Å². The van der Waals surface area contributed by atoms with Crippen LogP contribution in [0.25, 0.3) is 0 Å². The van der Waals surface area contributed by atoms with Gasteiger partial charge in [-0.05, 0) is 12.1 Å². The molecule has 13 heavy (non-hydrogen) atoms. The van der Waals surface area contributed by atoms with Crippen LogP contribution < -0.4 is 4.90 Å². The highest BCUT2D eigenvalue weighted by molar-refractivity contribution is 8.10. The summed E-state index contributed by atoms with van der Waals surface area (Å²) in [4.78, 5) is 2.90. The average molecular weight is 215 g/mol. The predicted molar refractivity (Wildman–Crippen MR) is 55.3 cm³/mol. The van der Waals surface area contributed by atoms with Crippen molar-refractivity contribution in [3.63, 3.8) is 0 Å². The van der Waals surface area contributed by atoms with Crippen molar-refractivity contribution < 1.29 is 8.76 Å². The van der Waals surface area contributed by atoms with Crippen LogP contribution in [-0.2, 0) is 11.1 Å². The van der Waals surface area contributed by atoms with Crippen molar-refractivity contribution in [2.75, 3.05) is 11.9 Å². The van der Waals surface area contributed by atoms with Crippen LogP contribution >= 0.6 is 11.8 Å². The molecule has 0 aromatic heterocycles. The van der Waals surface area contributed by atoms with Gasteiger partial charge in [-0.25, -0.2) is 4.21 Å². The SMILES string of the molecule is CN1c2ccccc2SC1S(=O)O. The van der Waals surface area contributed by atoms with Crippen molar-refractivity contribution in [1.29, 1.82) is 0 Å². The molecule has 0 amide bonds. The minimum Gasteiger partial charge on any atom is -0.349 e. The molecule has 0 saturated carbocycles. The van der Waals surface area contributed by atoms with Crippen LogP contribution in [0.2, 0.25) is 0 Å². The first-order valence-electron chi connectivity index (χ1n) is 3.78. The Morgan fingerprint density at radius 2 is 2.23 bits per heavy atom. The molecule has 0 aliphatic carbocycles. The molecule has 2 unspecified atom stereocenters. The van der Waals surface area contributed by atoms with Gasteiger partial charge < -0.3 is 9.45 Å². The van der Waals surface area contributed by atoms with Gasteiger partial charge in [0.05, 0.1) is 5.69 Å². The number of hydrogen-bond acceptors (Lipinski definition) is 3. The molecule has 1 aromatic rings. The van der Waals surface area contributed by atoms with E-state index < -0.39 is 11.1 Å². The first-order valence-corrected chi connectivity index (χ1v) is 5.83. The van der Waals surface area contributed by atoms with E-state index in [4.69, 9.17) is 4.55 Å². The van der Waals surface area contributed by atoms with Gasteiger partial charge in [0.1, 0.15) is 0 Å². The molecular weight excluding hydrogens is 206 g/mol. The Bertz CT molecular complexity index is 356. The molecule has 0 fully saturated rings. The number of para-hydroxylation sites is 1. The topological polar surface area (TPSA) is 40.5 Å². The van der Waals surface area contributed by atoms with E-state index >= 15 is 0 Å². The fraction of sp³-hybridized carbons (Fsp3) is 0.250. The molecule has 2 atom stereocenters. The lowest BCUT2D eigenvalue weighted by Crippen LogP contribution is -2.28. The van der Waals surface area contributed by atoms with Gasteiger partial charge in [-0.15, -0.1) is 0 Å². The molecule has 2 rings (SSSR count). The van der Waals surface area contributed by atoms with Crippen LogP contribution in [0.1, 0.15) is 0 Å². The Labute approximate surface area is 83.4 Å². The lowest BCUT2D eigenvalue weighted by atomic mass is 10.3. The summed E-state index contributed by atoms with van der Waals surface area (Å²) in [7, 11) is 1.83. The highest BCUT2D eigenvalue weighted by atomic mass is 32.2. The van der Waals surface area contributed by atoms with E-state index in [-0.39, 0.29) is 4.71 Å². The number of benzene rings is 1. The molecule has 1 aliphatic rings. The molecule has 1 aliphatic heterocycles. The van der Waals surface area contributed by atoms with Gasteiger partial charge in [0, 0.05) is 11.9 Å².